The fraction of sp³-hybridized carbons (Fsp3) is 0.364. The molecule has 0 saturated heterocycles. The molecule has 8 heteroatoms. The van der Waals surface area contributed by atoms with Crippen molar-refractivity contribution >= 4 is 17.6 Å². The van der Waals surface area contributed by atoms with Crippen LogP contribution in [0.4, 0.5) is 0 Å². The van der Waals surface area contributed by atoms with Crippen molar-refractivity contribution in [1.82, 2.24) is 10.8 Å². The molecular formula is C33H38N2O6. The van der Waals surface area contributed by atoms with Gasteiger partial charge < -0.3 is 15.2 Å². The molecule has 2 aliphatic heterocycles. The molecule has 2 bridgehead atoms. The normalized spacial score (nSPS) is 19.8. The highest BCUT2D eigenvalue weighted by Gasteiger charge is 2.35. The Hall–Kier alpha value is -4.17. The first-order chi connectivity index (χ1) is 19.8. The smallest absolute Gasteiger partial charge is 0.247 e. The monoisotopic (exact) mass is 558 g/mol. The fourth-order valence-electron chi connectivity index (χ4n) is 5.32. The van der Waals surface area contributed by atoms with Gasteiger partial charge in [0.15, 0.2) is 5.78 Å². The molecule has 3 aromatic rings. The van der Waals surface area contributed by atoms with Crippen LogP contribution in [-0.2, 0) is 22.4 Å². The molecule has 216 valence electrons. The van der Waals surface area contributed by atoms with Crippen molar-refractivity contribution in [2.24, 2.45) is 11.8 Å². The summed E-state index contributed by atoms with van der Waals surface area (Å²) in [6, 6.07) is 20.7. The van der Waals surface area contributed by atoms with Crippen LogP contribution < -0.4 is 15.5 Å². The van der Waals surface area contributed by atoms with Gasteiger partial charge in [0, 0.05) is 17.9 Å². The van der Waals surface area contributed by atoms with Crippen molar-refractivity contribution in [1.29, 1.82) is 0 Å². The van der Waals surface area contributed by atoms with Gasteiger partial charge in [0.1, 0.15) is 11.5 Å². The van der Waals surface area contributed by atoms with Gasteiger partial charge in [0.25, 0.3) is 0 Å². The van der Waals surface area contributed by atoms with Crippen LogP contribution in [0.5, 0.6) is 11.5 Å². The molecule has 41 heavy (non-hydrogen) atoms. The van der Waals surface area contributed by atoms with E-state index in [1.807, 2.05) is 43.3 Å². The predicted molar refractivity (Wildman–Crippen MR) is 155 cm³/mol. The number of ketones is 1. The van der Waals surface area contributed by atoms with Crippen LogP contribution in [0.3, 0.4) is 0 Å². The number of fused-ring (bicyclic) bond motifs is 12. The van der Waals surface area contributed by atoms with Crippen LogP contribution in [0.1, 0.15) is 59.2 Å². The number of aryl methyl sites for hydroxylation is 2. The molecule has 3 aromatic carbocycles. The topological polar surface area (TPSA) is 125 Å². The lowest BCUT2D eigenvalue weighted by molar-refractivity contribution is -0.141. The Morgan fingerprint density at radius 3 is 2.37 bits per heavy atom. The average molecular weight is 559 g/mol. The molecule has 0 aliphatic carbocycles. The molecule has 0 saturated carbocycles. The Morgan fingerprint density at radius 1 is 0.976 bits per heavy atom. The first-order valence-corrected chi connectivity index (χ1v) is 14.2. The Balaban J connectivity index is 1.62. The SMILES string of the molecule is Cc1ccc(CCC[C@H]2C(=O)N[C@H](C(=O)c3ccc(O)cc3)Cc3ccc(cc3)OCCCC[C@@H]2C(=O)NO)cc1. The number of carbonyl (C=O) groups is 3. The van der Waals surface area contributed by atoms with Crippen molar-refractivity contribution < 1.29 is 29.4 Å². The molecular weight excluding hydrogens is 520 g/mol. The van der Waals surface area contributed by atoms with Crippen molar-refractivity contribution in [3.05, 3.63) is 95.1 Å². The second-order valence-corrected chi connectivity index (χ2v) is 10.7. The summed E-state index contributed by atoms with van der Waals surface area (Å²) in [7, 11) is 0. The fourth-order valence-corrected chi connectivity index (χ4v) is 5.32. The van der Waals surface area contributed by atoms with Crippen LogP contribution in [0.15, 0.2) is 72.8 Å². The van der Waals surface area contributed by atoms with E-state index in [1.165, 1.54) is 24.3 Å². The number of ether oxygens (including phenoxy) is 1. The zero-order valence-electron chi connectivity index (χ0n) is 23.3. The lowest BCUT2D eigenvalue weighted by Crippen LogP contribution is -2.48. The number of phenolic OH excluding ortho intramolecular Hbond substituents is 1. The number of hydrogen-bond donors (Lipinski definition) is 4. The lowest BCUT2D eigenvalue weighted by Gasteiger charge is -2.27. The van der Waals surface area contributed by atoms with Gasteiger partial charge in [-0.2, -0.15) is 0 Å². The minimum atomic E-state index is -0.902. The summed E-state index contributed by atoms with van der Waals surface area (Å²) in [6.45, 7) is 2.48. The second-order valence-electron chi connectivity index (χ2n) is 10.7. The van der Waals surface area contributed by atoms with Crippen LogP contribution in [0, 0.1) is 18.8 Å². The molecule has 0 spiro atoms. The Labute approximate surface area is 240 Å². The number of aromatic hydroxyl groups is 1. The van der Waals surface area contributed by atoms with Gasteiger partial charge in [-0.1, -0.05) is 42.0 Å². The number of Topliss-reactive ketones (excluding diaryl/α,β-unsaturated/α-hetero) is 1. The zero-order valence-corrected chi connectivity index (χ0v) is 23.3. The summed E-state index contributed by atoms with van der Waals surface area (Å²) in [6.07, 6.45) is 3.70. The molecule has 0 fully saturated rings. The van der Waals surface area contributed by atoms with E-state index in [-0.39, 0.29) is 18.0 Å². The van der Waals surface area contributed by atoms with E-state index in [1.54, 1.807) is 5.48 Å². The van der Waals surface area contributed by atoms with Crippen LogP contribution in [0.25, 0.3) is 0 Å². The maximum Gasteiger partial charge on any atom is 0.247 e. The summed E-state index contributed by atoms with van der Waals surface area (Å²) in [5.41, 5.74) is 5.26. The molecule has 2 aliphatic rings. The molecule has 0 aromatic heterocycles. The van der Waals surface area contributed by atoms with E-state index in [2.05, 4.69) is 17.4 Å². The molecule has 2 amide bonds. The van der Waals surface area contributed by atoms with E-state index in [4.69, 9.17) is 4.74 Å². The molecule has 0 unspecified atom stereocenters. The van der Waals surface area contributed by atoms with Crippen LogP contribution in [0.2, 0.25) is 0 Å². The third-order valence-corrected chi connectivity index (χ3v) is 7.70. The maximum atomic E-state index is 13.9. The number of nitrogens with one attached hydrogen (secondary N) is 2. The van der Waals surface area contributed by atoms with Gasteiger partial charge in [-0.05, 0) is 93.0 Å². The van der Waals surface area contributed by atoms with Crippen molar-refractivity contribution in [2.75, 3.05) is 6.61 Å². The molecule has 0 radical (unpaired) electrons. The Bertz CT molecular complexity index is 1310. The summed E-state index contributed by atoms with van der Waals surface area (Å²) in [5.74, 6) is -2.11. The lowest BCUT2D eigenvalue weighted by atomic mass is 9.82. The third kappa shape index (κ3) is 8.41. The second kappa shape index (κ2) is 14.5. The summed E-state index contributed by atoms with van der Waals surface area (Å²) in [4.78, 5) is 40.4. The molecule has 4 N–H and O–H groups in total. The average Bonchev–Trinajstić information content (AvgIpc) is 2.99. The van der Waals surface area contributed by atoms with Crippen LogP contribution in [-0.4, -0.2) is 40.6 Å². The van der Waals surface area contributed by atoms with Crippen molar-refractivity contribution in [3.8, 4) is 11.5 Å². The van der Waals surface area contributed by atoms with Crippen molar-refractivity contribution in [3.63, 3.8) is 0 Å². The zero-order chi connectivity index (χ0) is 29.2. The first kappa shape index (κ1) is 29.8. The van der Waals surface area contributed by atoms with E-state index in [0.717, 1.165) is 23.1 Å². The highest BCUT2D eigenvalue weighted by Crippen LogP contribution is 2.27. The number of hydrogen-bond acceptors (Lipinski definition) is 6. The van der Waals surface area contributed by atoms with Gasteiger partial charge >= 0.3 is 0 Å². The number of amides is 2. The number of hydroxylamine groups is 1. The van der Waals surface area contributed by atoms with E-state index < -0.39 is 29.7 Å². The predicted octanol–water partition coefficient (Wildman–Crippen LogP) is 4.93. The Morgan fingerprint density at radius 2 is 1.68 bits per heavy atom. The van der Waals surface area contributed by atoms with E-state index in [9.17, 15) is 24.7 Å². The highest BCUT2D eigenvalue weighted by molar-refractivity contribution is 6.02. The minimum absolute atomic E-state index is 0.0368. The highest BCUT2D eigenvalue weighted by atomic mass is 16.5. The number of rotatable bonds is 7. The summed E-state index contributed by atoms with van der Waals surface area (Å²) in [5, 5.41) is 22.2. The quantitative estimate of drug-likeness (QED) is 0.185. The van der Waals surface area contributed by atoms with Gasteiger partial charge in [0.2, 0.25) is 11.8 Å². The molecule has 2 heterocycles. The van der Waals surface area contributed by atoms with E-state index >= 15 is 0 Å². The van der Waals surface area contributed by atoms with Gasteiger partial charge in [-0.3, -0.25) is 19.6 Å². The molecule has 5 rings (SSSR count). The standard InChI is InChI=1S/C33H38N2O6/c1-22-8-10-23(11-9-22)5-4-7-28-29(33(39)35-40)6-2-3-20-41-27-18-12-24(13-19-27)21-30(34-32(28)38)31(37)25-14-16-26(36)17-15-25/h8-19,28-30,36,40H,2-7,20-21H2,1H3,(H,34,38)(H,35,39)/t28-,29+,30+/m1/s1. The summed E-state index contributed by atoms with van der Waals surface area (Å²) >= 11 is 0. The number of phenols is 1. The maximum absolute atomic E-state index is 13.9. The Kier molecular flexibility index (Phi) is 10.5. The van der Waals surface area contributed by atoms with Crippen molar-refractivity contribution in [2.45, 2.75) is 57.9 Å². The third-order valence-electron chi connectivity index (χ3n) is 7.70. The van der Waals surface area contributed by atoms with Gasteiger partial charge in [-0.25, -0.2) is 5.48 Å². The minimum Gasteiger partial charge on any atom is -0.508 e. The van der Waals surface area contributed by atoms with Gasteiger partial charge in [0.05, 0.1) is 18.6 Å². The van der Waals surface area contributed by atoms with Gasteiger partial charge in [-0.15, -0.1) is 0 Å². The first-order valence-electron chi connectivity index (χ1n) is 14.2. The van der Waals surface area contributed by atoms with E-state index in [0.29, 0.717) is 50.0 Å². The molecule has 8 nitrogen and oxygen atoms in total. The summed E-state index contributed by atoms with van der Waals surface area (Å²) < 4.78 is 5.86. The molecule has 3 atom stereocenters. The number of benzene rings is 3. The van der Waals surface area contributed by atoms with Crippen LogP contribution >= 0.6 is 0 Å². The number of carbonyl (C=O) groups excluding carboxylic acids is 3. The largest absolute Gasteiger partial charge is 0.508 e.